The number of nitrogens with one attached hydrogen (secondary N) is 1. The molecule has 0 bridgehead atoms. The van der Waals surface area contributed by atoms with Crippen LogP contribution in [0.3, 0.4) is 0 Å². The summed E-state index contributed by atoms with van der Waals surface area (Å²) in [5.41, 5.74) is 5.98. The Morgan fingerprint density at radius 1 is 1.00 bits per heavy atom. The highest BCUT2D eigenvalue weighted by Gasteiger charge is 2.14. The zero-order valence-corrected chi connectivity index (χ0v) is 10.7. The van der Waals surface area contributed by atoms with Gasteiger partial charge in [0.15, 0.2) is 5.82 Å². The molecule has 2 aromatic carbocycles. The van der Waals surface area contributed by atoms with E-state index < -0.39 is 17.5 Å². The van der Waals surface area contributed by atoms with Crippen molar-refractivity contribution >= 4 is 28.0 Å². The van der Waals surface area contributed by atoms with Gasteiger partial charge < -0.3 is 11.1 Å². The van der Waals surface area contributed by atoms with Crippen molar-refractivity contribution in [1.29, 1.82) is 0 Å². The van der Waals surface area contributed by atoms with Gasteiger partial charge in [-0.2, -0.15) is 0 Å². The average molecular weight is 289 g/mol. The van der Waals surface area contributed by atoms with E-state index in [4.69, 9.17) is 5.73 Å². The second kappa shape index (κ2) is 4.97. The fraction of sp³-hybridized carbons (Fsp3) is 0. The number of pyridine rings is 1. The molecule has 0 saturated carbocycles. The van der Waals surface area contributed by atoms with Crippen molar-refractivity contribution < 1.29 is 13.2 Å². The van der Waals surface area contributed by atoms with Gasteiger partial charge in [-0.05, 0) is 30.3 Å². The molecule has 3 nitrogen and oxygen atoms in total. The summed E-state index contributed by atoms with van der Waals surface area (Å²) < 4.78 is 41.0. The molecule has 106 valence electrons. The number of benzene rings is 2. The lowest BCUT2D eigenvalue weighted by molar-refractivity contribution is 0.602. The molecule has 3 aromatic rings. The zero-order valence-electron chi connectivity index (χ0n) is 10.7. The number of rotatable bonds is 2. The molecular formula is C15H10F3N3. The smallest absolute Gasteiger partial charge is 0.150 e. The summed E-state index contributed by atoms with van der Waals surface area (Å²) in [6, 6.07) is 7.33. The van der Waals surface area contributed by atoms with E-state index in [1.54, 1.807) is 12.1 Å². The van der Waals surface area contributed by atoms with E-state index in [0.29, 0.717) is 5.39 Å². The summed E-state index contributed by atoms with van der Waals surface area (Å²) in [4.78, 5) is 4.05. The minimum Gasteiger partial charge on any atom is -0.398 e. The van der Waals surface area contributed by atoms with E-state index >= 15 is 0 Å². The van der Waals surface area contributed by atoms with Crippen LogP contribution < -0.4 is 11.1 Å². The normalized spacial score (nSPS) is 10.8. The second-order valence-electron chi connectivity index (χ2n) is 4.47. The summed E-state index contributed by atoms with van der Waals surface area (Å²) in [6.45, 7) is 0. The van der Waals surface area contributed by atoms with Crippen molar-refractivity contribution in [3.05, 3.63) is 60.0 Å². The lowest BCUT2D eigenvalue weighted by atomic mass is 10.1. The van der Waals surface area contributed by atoms with Gasteiger partial charge in [0.05, 0.1) is 11.2 Å². The van der Waals surface area contributed by atoms with E-state index in [1.807, 2.05) is 0 Å². The van der Waals surface area contributed by atoms with Crippen LogP contribution in [0.4, 0.5) is 30.2 Å². The molecule has 0 radical (unpaired) electrons. The van der Waals surface area contributed by atoms with Gasteiger partial charge in [0.1, 0.15) is 17.3 Å². The van der Waals surface area contributed by atoms with Crippen LogP contribution >= 0.6 is 0 Å². The zero-order chi connectivity index (χ0) is 15.0. The van der Waals surface area contributed by atoms with Gasteiger partial charge in [-0.3, -0.25) is 4.98 Å². The number of aromatic nitrogens is 1. The van der Waals surface area contributed by atoms with Gasteiger partial charge in [-0.1, -0.05) is 0 Å². The Labute approximate surface area is 118 Å². The summed E-state index contributed by atoms with van der Waals surface area (Å²) in [7, 11) is 0. The summed E-state index contributed by atoms with van der Waals surface area (Å²) in [6.07, 6.45) is 1.47. The molecule has 1 aromatic heterocycles. The third kappa shape index (κ3) is 2.35. The lowest BCUT2D eigenvalue weighted by Crippen LogP contribution is -2.01. The Morgan fingerprint density at radius 3 is 2.62 bits per heavy atom. The van der Waals surface area contributed by atoms with Crippen LogP contribution in [0.5, 0.6) is 0 Å². The van der Waals surface area contributed by atoms with Gasteiger partial charge >= 0.3 is 0 Å². The maximum absolute atomic E-state index is 14.1. The summed E-state index contributed by atoms with van der Waals surface area (Å²) in [5.74, 6) is -2.02. The first-order valence-corrected chi connectivity index (χ1v) is 6.11. The van der Waals surface area contributed by atoms with Crippen molar-refractivity contribution in [2.75, 3.05) is 11.1 Å². The Morgan fingerprint density at radius 2 is 1.81 bits per heavy atom. The molecule has 0 spiro atoms. The first-order chi connectivity index (χ1) is 10.1. The van der Waals surface area contributed by atoms with Gasteiger partial charge in [0.25, 0.3) is 0 Å². The number of nitrogens with zero attached hydrogens (tertiary/aromatic N) is 1. The number of halogens is 3. The minimum atomic E-state index is -0.697. The quantitative estimate of drug-likeness (QED) is 0.702. The van der Waals surface area contributed by atoms with E-state index in [9.17, 15) is 13.2 Å². The Bertz CT molecular complexity index is 834. The summed E-state index contributed by atoms with van der Waals surface area (Å²) in [5, 5.41) is 3.07. The minimum absolute atomic E-state index is 0.0516. The van der Waals surface area contributed by atoms with Crippen LogP contribution in [0.2, 0.25) is 0 Å². The monoisotopic (exact) mass is 289 g/mol. The van der Waals surface area contributed by atoms with E-state index in [2.05, 4.69) is 10.3 Å². The van der Waals surface area contributed by atoms with Crippen molar-refractivity contribution in [3.8, 4) is 0 Å². The van der Waals surface area contributed by atoms with Gasteiger partial charge in [-0.25, -0.2) is 13.2 Å². The third-order valence-corrected chi connectivity index (χ3v) is 3.06. The number of fused-ring (bicyclic) bond motifs is 1. The lowest BCUT2D eigenvalue weighted by Gasteiger charge is -2.12. The molecule has 3 N–H and O–H groups in total. The van der Waals surface area contributed by atoms with Gasteiger partial charge in [-0.15, -0.1) is 0 Å². The second-order valence-corrected chi connectivity index (χ2v) is 4.47. The Hall–Kier alpha value is -2.76. The van der Waals surface area contributed by atoms with E-state index in [0.717, 1.165) is 24.3 Å². The first-order valence-electron chi connectivity index (χ1n) is 6.11. The molecule has 0 fully saturated rings. The number of hydrogen-bond acceptors (Lipinski definition) is 3. The third-order valence-electron chi connectivity index (χ3n) is 3.06. The number of hydrogen-bond donors (Lipinski definition) is 2. The predicted molar refractivity (Wildman–Crippen MR) is 75.8 cm³/mol. The molecule has 0 saturated heterocycles. The molecule has 0 aliphatic heterocycles. The molecule has 0 aliphatic carbocycles. The van der Waals surface area contributed by atoms with Gasteiger partial charge in [0.2, 0.25) is 0 Å². The van der Waals surface area contributed by atoms with Crippen LogP contribution in [-0.4, -0.2) is 4.98 Å². The topological polar surface area (TPSA) is 50.9 Å². The highest BCUT2D eigenvalue weighted by atomic mass is 19.1. The summed E-state index contributed by atoms with van der Waals surface area (Å²) >= 11 is 0. The highest BCUT2D eigenvalue weighted by Crippen LogP contribution is 2.32. The fourth-order valence-electron chi connectivity index (χ4n) is 2.08. The maximum atomic E-state index is 14.1. The van der Waals surface area contributed by atoms with E-state index in [-0.39, 0.29) is 22.6 Å². The Kier molecular flexibility index (Phi) is 3.13. The van der Waals surface area contributed by atoms with Crippen LogP contribution in [0.25, 0.3) is 10.9 Å². The van der Waals surface area contributed by atoms with Gasteiger partial charge in [0, 0.05) is 23.3 Å². The van der Waals surface area contributed by atoms with Crippen molar-refractivity contribution in [3.63, 3.8) is 0 Å². The fourth-order valence-corrected chi connectivity index (χ4v) is 2.08. The van der Waals surface area contributed by atoms with E-state index in [1.165, 1.54) is 6.20 Å². The molecule has 1 heterocycles. The Balaban J connectivity index is 2.19. The van der Waals surface area contributed by atoms with Crippen molar-refractivity contribution in [1.82, 2.24) is 4.98 Å². The van der Waals surface area contributed by atoms with Crippen LogP contribution in [0, 0.1) is 17.5 Å². The molecule has 3 rings (SSSR count). The molecule has 6 heteroatoms. The highest BCUT2D eigenvalue weighted by molar-refractivity contribution is 5.99. The number of nitrogen functional groups attached to an aromatic ring is 1. The molecule has 0 aliphatic rings. The molecule has 21 heavy (non-hydrogen) atoms. The predicted octanol–water partition coefficient (Wildman–Crippen LogP) is 3.98. The SMILES string of the molecule is Nc1cc(F)c(Nc2cc(F)ccc2F)c2ncccc12. The average Bonchev–Trinajstić information content (AvgIpc) is 2.47. The first kappa shape index (κ1) is 13.2. The number of anilines is 3. The molecule has 0 unspecified atom stereocenters. The van der Waals surface area contributed by atoms with Crippen LogP contribution in [-0.2, 0) is 0 Å². The molecule has 0 amide bonds. The number of nitrogens with two attached hydrogens (primary N) is 1. The largest absolute Gasteiger partial charge is 0.398 e. The van der Waals surface area contributed by atoms with Crippen LogP contribution in [0.15, 0.2) is 42.6 Å². The molecule has 0 atom stereocenters. The van der Waals surface area contributed by atoms with Crippen molar-refractivity contribution in [2.24, 2.45) is 0 Å². The maximum Gasteiger partial charge on any atom is 0.150 e. The van der Waals surface area contributed by atoms with Crippen molar-refractivity contribution in [2.45, 2.75) is 0 Å². The standard InChI is InChI=1S/C15H10F3N3/c16-8-3-4-10(17)13(6-8)21-15-11(18)7-12(19)9-2-1-5-20-14(9)15/h1-7,21H,19H2. The van der Waals surface area contributed by atoms with Crippen LogP contribution in [0.1, 0.15) is 0 Å². The molecular weight excluding hydrogens is 279 g/mol.